The second-order valence-electron chi connectivity index (χ2n) is 8.44. The zero-order valence-corrected chi connectivity index (χ0v) is 17.3. The molecule has 2 N–H and O–H groups in total. The van der Waals surface area contributed by atoms with Gasteiger partial charge in [0.05, 0.1) is 6.54 Å². The second kappa shape index (κ2) is 8.06. The molecule has 2 aromatic carbocycles. The summed E-state index contributed by atoms with van der Waals surface area (Å²) in [7, 11) is 0. The standard InChI is InChI=1S/C24H26N4O3/c29-21(26-16-6-5-7-18(14-16)27-12-3-4-13-27)15-25-23(30)22-19-8-1-2-9-20(19)24(31)28(22)17-10-11-17/h1-2,5-9,14,17,22H,3-4,10-13,15H2,(H,25,30)(H,26,29). The molecule has 1 unspecified atom stereocenters. The molecule has 0 spiro atoms. The van der Waals surface area contributed by atoms with Crippen LogP contribution >= 0.6 is 0 Å². The molecule has 0 bridgehead atoms. The van der Waals surface area contributed by atoms with Gasteiger partial charge >= 0.3 is 0 Å². The van der Waals surface area contributed by atoms with Gasteiger partial charge in [0.15, 0.2) is 0 Å². The van der Waals surface area contributed by atoms with Gasteiger partial charge in [-0.05, 0) is 55.5 Å². The highest BCUT2D eigenvalue weighted by Gasteiger charge is 2.47. The van der Waals surface area contributed by atoms with Gasteiger partial charge in [-0.15, -0.1) is 0 Å². The average Bonchev–Trinajstić information content (AvgIpc) is 3.37. The topological polar surface area (TPSA) is 81.8 Å². The van der Waals surface area contributed by atoms with E-state index in [9.17, 15) is 14.4 Å². The molecular weight excluding hydrogens is 392 g/mol. The molecule has 7 nitrogen and oxygen atoms in total. The van der Waals surface area contributed by atoms with E-state index < -0.39 is 6.04 Å². The molecule has 0 aromatic heterocycles. The minimum absolute atomic E-state index is 0.0959. The smallest absolute Gasteiger partial charge is 0.255 e. The number of carbonyl (C=O) groups excluding carboxylic acids is 3. The van der Waals surface area contributed by atoms with Crippen LogP contribution in [0.5, 0.6) is 0 Å². The third-order valence-corrected chi connectivity index (χ3v) is 6.21. The first kappa shape index (κ1) is 19.6. The van der Waals surface area contributed by atoms with Crippen LogP contribution in [-0.4, -0.2) is 48.3 Å². The van der Waals surface area contributed by atoms with Crippen molar-refractivity contribution >= 4 is 29.1 Å². The van der Waals surface area contributed by atoms with Crippen LogP contribution in [-0.2, 0) is 9.59 Å². The SMILES string of the molecule is O=C(CNC(=O)C1c2ccccc2C(=O)N1C1CC1)Nc1cccc(N2CCCC2)c1. The molecule has 7 heteroatoms. The van der Waals surface area contributed by atoms with Gasteiger partial charge in [-0.2, -0.15) is 0 Å². The first-order valence-corrected chi connectivity index (χ1v) is 11.0. The van der Waals surface area contributed by atoms with E-state index in [2.05, 4.69) is 15.5 Å². The number of carbonyl (C=O) groups is 3. The van der Waals surface area contributed by atoms with Gasteiger partial charge in [0.2, 0.25) is 11.8 Å². The Morgan fingerprint density at radius 3 is 2.55 bits per heavy atom. The van der Waals surface area contributed by atoms with E-state index >= 15 is 0 Å². The fourth-order valence-corrected chi connectivity index (χ4v) is 4.56. The van der Waals surface area contributed by atoms with Crippen LogP contribution in [0, 0.1) is 0 Å². The van der Waals surface area contributed by atoms with Gasteiger partial charge in [-0.3, -0.25) is 14.4 Å². The lowest BCUT2D eigenvalue weighted by molar-refractivity contribution is -0.127. The van der Waals surface area contributed by atoms with Crippen LogP contribution in [0.2, 0.25) is 0 Å². The van der Waals surface area contributed by atoms with Gasteiger partial charge in [0.1, 0.15) is 6.04 Å². The molecule has 0 radical (unpaired) electrons. The summed E-state index contributed by atoms with van der Waals surface area (Å²) in [6, 6.07) is 14.5. The number of rotatable bonds is 6. The number of hydrogen-bond acceptors (Lipinski definition) is 4. The molecular formula is C24H26N4O3. The van der Waals surface area contributed by atoms with Gasteiger partial charge in [-0.1, -0.05) is 24.3 Å². The minimum atomic E-state index is -0.664. The average molecular weight is 418 g/mol. The molecule has 2 aliphatic heterocycles. The van der Waals surface area contributed by atoms with Gasteiger partial charge in [0.25, 0.3) is 5.91 Å². The molecule has 160 valence electrons. The Bertz CT molecular complexity index is 1030. The van der Waals surface area contributed by atoms with Crippen LogP contribution in [0.1, 0.15) is 47.6 Å². The van der Waals surface area contributed by atoms with Crippen molar-refractivity contribution in [3.8, 4) is 0 Å². The first-order valence-electron chi connectivity index (χ1n) is 11.0. The number of fused-ring (bicyclic) bond motifs is 1. The molecule has 3 aliphatic rings. The largest absolute Gasteiger partial charge is 0.371 e. The van der Waals surface area contributed by atoms with Crippen molar-refractivity contribution in [2.24, 2.45) is 0 Å². The summed E-state index contributed by atoms with van der Waals surface area (Å²) >= 11 is 0. The molecule has 1 saturated carbocycles. The lowest BCUT2D eigenvalue weighted by atomic mass is 10.0. The van der Waals surface area contributed by atoms with Crippen LogP contribution in [0.25, 0.3) is 0 Å². The van der Waals surface area contributed by atoms with E-state index in [1.165, 1.54) is 12.8 Å². The fraction of sp³-hybridized carbons (Fsp3) is 0.375. The zero-order valence-electron chi connectivity index (χ0n) is 17.3. The quantitative estimate of drug-likeness (QED) is 0.756. The van der Waals surface area contributed by atoms with Crippen molar-refractivity contribution in [3.63, 3.8) is 0 Å². The summed E-state index contributed by atoms with van der Waals surface area (Å²) in [5.41, 5.74) is 3.11. The van der Waals surface area contributed by atoms with Gasteiger partial charge < -0.3 is 20.4 Å². The second-order valence-corrected chi connectivity index (χ2v) is 8.44. The van der Waals surface area contributed by atoms with Crippen molar-refractivity contribution in [3.05, 3.63) is 59.7 Å². The summed E-state index contributed by atoms with van der Waals surface area (Å²) in [5.74, 6) is -0.699. The summed E-state index contributed by atoms with van der Waals surface area (Å²) in [5, 5.41) is 5.60. The van der Waals surface area contributed by atoms with Crippen LogP contribution in [0.3, 0.4) is 0 Å². The normalized spacial score (nSPS) is 20.0. The highest BCUT2D eigenvalue weighted by atomic mass is 16.2. The number of nitrogens with one attached hydrogen (secondary N) is 2. The van der Waals surface area contributed by atoms with E-state index in [0.29, 0.717) is 11.3 Å². The van der Waals surface area contributed by atoms with Crippen LogP contribution < -0.4 is 15.5 Å². The molecule has 1 aliphatic carbocycles. The maximum Gasteiger partial charge on any atom is 0.255 e. The molecule has 2 aromatic rings. The van der Waals surface area contributed by atoms with E-state index in [1.807, 2.05) is 42.5 Å². The van der Waals surface area contributed by atoms with Crippen molar-refractivity contribution in [1.29, 1.82) is 0 Å². The van der Waals surface area contributed by atoms with Crippen LogP contribution in [0.4, 0.5) is 11.4 Å². The Hall–Kier alpha value is -3.35. The lowest BCUT2D eigenvalue weighted by Gasteiger charge is -2.24. The molecule has 3 amide bonds. The fourth-order valence-electron chi connectivity index (χ4n) is 4.56. The number of benzene rings is 2. The zero-order chi connectivity index (χ0) is 21.4. The maximum absolute atomic E-state index is 13.0. The monoisotopic (exact) mass is 418 g/mol. The van der Waals surface area contributed by atoms with E-state index in [0.717, 1.165) is 37.2 Å². The Morgan fingerprint density at radius 1 is 1.00 bits per heavy atom. The van der Waals surface area contributed by atoms with Crippen molar-refractivity contribution < 1.29 is 14.4 Å². The van der Waals surface area contributed by atoms with Crippen molar-refractivity contribution in [2.75, 3.05) is 29.9 Å². The molecule has 5 rings (SSSR count). The van der Waals surface area contributed by atoms with E-state index in [1.54, 1.807) is 11.0 Å². The Labute approximate surface area is 181 Å². The highest BCUT2D eigenvalue weighted by Crippen LogP contribution is 2.41. The lowest BCUT2D eigenvalue weighted by Crippen LogP contribution is -2.42. The third kappa shape index (κ3) is 3.87. The Morgan fingerprint density at radius 2 is 1.77 bits per heavy atom. The molecule has 2 fully saturated rings. The molecule has 31 heavy (non-hydrogen) atoms. The highest BCUT2D eigenvalue weighted by molar-refractivity contribution is 6.05. The van der Waals surface area contributed by atoms with E-state index in [-0.39, 0.29) is 30.3 Å². The summed E-state index contributed by atoms with van der Waals surface area (Å²) in [6.45, 7) is 1.93. The summed E-state index contributed by atoms with van der Waals surface area (Å²) < 4.78 is 0. The van der Waals surface area contributed by atoms with Crippen LogP contribution in [0.15, 0.2) is 48.5 Å². The summed E-state index contributed by atoms with van der Waals surface area (Å²) in [6.07, 6.45) is 4.20. The predicted molar refractivity (Wildman–Crippen MR) is 118 cm³/mol. The molecule has 1 saturated heterocycles. The minimum Gasteiger partial charge on any atom is -0.371 e. The number of hydrogen-bond donors (Lipinski definition) is 2. The van der Waals surface area contributed by atoms with Gasteiger partial charge in [-0.25, -0.2) is 0 Å². The van der Waals surface area contributed by atoms with E-state index in [4.69, 9.17) is 0 Å². The third-order valence-electron chi connectivity index (χ3n) is 6.21. The summed E-state index contributed by atoms with van der Waals surface area (Å²) in [4.78, 5) is 42.2. The Kier molecular flexibility index (Phi) is 5.10. The maximum atomic E-state index is 13.0. The van der Waals surface area contributed by atoms with Gasteiger partial charge in [0, 0.05) is 36.1 Å². The molecule has 1 atom stereocenters. The number of anilines is 2. The number of amides is 3. The molecule has 2 heterocycles. The first-order chi connectivity index (χ1) is 15.1. The Balaban J connectivity index is 1.23. The predicted octanol–water partition coefficient (Wildman–Crippen LogP) is 2.70. The van der Waals surface area contributed by atoms with Crippen molar-refractivity contribution in [1.82, 2.24) is 10.2 Å². The number of nitrogens with zero attached hydrogens (tertiary/aromatic N) is 2. The van der Waals surface area contributed by atoms with Crippen molar-refractivity contribution in [2.45, 2.75) is 37.8 Å².